The maximum absolute atomic E-state index is 12.4. The van der Waals surface area contributed by atoms with Crippen LogP contribution in [0, 0.1) is 0 Å². The van der Waals surface area contributed by atoms with Gasteiger partial charge in [0.15, 0.2) is 5.13 Å². The van der Waals surface area contributed by atoms with Crippen LogP contribution in [-0.4, -0.2) is 59.5 Å². The topological polar surface area (TPSA) is 48.5 Å². The minimum absolute atomic E-state index is 0.0641. The van der Waals surface area contributed by atoms with Gasteiger partial charge in [0.1, 0.15) is 5.69 Å². The molecule has 2 heterocycles. The smallest absolute Gasteiger partial charge is 0.273 e. The Balaban J connectivity index is 1.90. The predicted octanol–water partition coefficient (Wildman–Crippen LogP) is 2.13. The number of carbonyl (C=O) groups is 1. The Hall–Kier alpha value is -1.14. The van der Waals surface area contributed by atoms with Gasteiger partial charge < -0.3 is 10.2 Å². The van der Waals surface area contributed by atoms with Crippen LogP contribution in [0.1, 0.15) is 37.7 Å². The van der Waals surface area contributed by atoms with E-state index in [1.165, 1.54) is 11.3 Å². The largest absolute Gasteiger partial charge is 0.362 e. The number of hydrogen-bond acceptors (Lipinski definition) is 5. The molecule has 2 rings (SSSR count). The van der Waals surface area contributed by atoms with E-state index < -0.39 is 0 Å². The Labute approximate surface area is 125 Å². The lowest BCUT2D eigenvalue weighted by Gasteiger charge is -2.37. The molecule has 6 heteroatoms. The molecule has 1 fully saturated rings. The Morgan fingerprint density at radius 2 is 2.10 bits per heavy atom. The van der Waals surface area contributed by atoms with Gasteiger partial charge in [-0.15, -0.1) is 11.3 Å². The van der Waals surface area contributed by atoms with E-state index in [4.69, 9.17) is 0 Å². The predicted molar refractivity (Wildman–Crippen MR) is 83.5 cm³/mol. The van der Waals surface area contributed by atoms with Crippen LogP contribution in [0.4, 0.5) is 5.13 Å². The number of aromatic nitrogens is 1. The van der Waals surface area contributed by atoms with Gasteiger partial charge >= 0.3 is 0 Å². The summed E-state index contributed by atoms with van der Waals surface area (Å²) in [7, 11) is 0. The van der Waals surface area contributed by atoms with Crippen molar-refractivity contribution in [1.29, 1.82) is 0 Å². The fourth-order valence-corrected chi connectivity index (χ4v) is 3.15. The minimum Gasteiger partial charge on any atom is -0.362 e. The fraction of sp³-hybridized carbons (Fsp3) is 0.714. The molecular weight excluding hydrogens is 272 g/mol. The van der Waals surface area contributed by atoms with Crippen LogP contribution >= 0.6 is 11.3 Å². The number of hydrogen-bond donors (Lipinski definition) is 1. The van der Waals surface area contributed by atoms with Crippen LogP contribution in [0.3, 0.4) is 0 Å². The molecule has 1 aliphatic heterocycles. The first-order valence-electron chi connectivity index (χ1n) is 7.38. The Bertz CT molecular complexity index is 440. The molecule has 0 aromatic carbocycles. The third kappa shape index (κ3) is 3.49. The first-order chi connectivity index (χ1) is 9.65. The van der Waals surface area contributed by atoms with Gasteiger partial charge in [0.05, 0.1) is 0 Å². The van der Waals surface area contributed by atoms with Crippen LogP contribution in [0.2, 0.25) is 0 Å². The second kappa shape index (κ2) is 7.04. The normalized spacial score (nSPS) is 18.1. The lowest BCUT2D eigenvalue weighted by molar-refractivity contribution is 0.0575. The molecule has 1 aliphatic rings. The van der Waals surface area contributed by atoms with Crippen LogP contribution in [0.5, 0.6) is 0 Å². The van der Waals surface area contributed by atoms with Crippen LogP contribution in [-0.2, 0) is 0 Å². The number of anilines is 1. The molecule has 0 saturated carbocycles. The van der Waals surface area contributed by atoms with Crippen molar-refractivity contribution in [3.05, 3.63) is 11.1 Å². The summed E-state index contributed by atoms with van der Waals surface area (Å²) in [5.41, 5.74) is 0.572. The summed E-state index contributed by atoms with van der Waals surface area (Å²) < 4.78 is 0. The van der Waals surface area contributed by atoms with Gasteiger partial charge in [0.2, 0.25) is 0 Å². The third-order valence-corrected chi connectivity index (χ3v) is 4.67. The van der Waals surface area contributed by atoms with E-state index in [2.05, 4.69) is 29.0 Å². The number of amides is 1. The molecule has 0 radical (unpaired) electrons. The molecule has 1 aromatic heterocycles. The molecule has 20 heavy (non-hydrogen) atoms. The van der Waals surface area contributed by atoms with Crippen molar-refractivity contribution in [2.75, 3.05) is 38.0 Å². The Kier molecular flexibility index (Phi) is 5.37. The van der Waals surface area contributed by atoms with Crippen molar-refractivity contribution < 1.29 is 4.79 Å². The zero-order valence-corrected chi connectivity index (χ0v) is 13.4. The summed E-state index contributed by atoms with van der Waals surface area (Å²) in [6, 6.07) is 0.604. The fourth-order valence-electron chi connectivity index (χ4n) is 2.39. The first kappa shape index (κ1) is 15.3. The highest BCUT2D eigenvalue weighted by molar-refractivity contribution is 7.13. The maximum atomic E-state index is 12.4. The van der Waals surface area contributed by atoms with E-state index in [9.17, 15) is 4.79 Å². The average molecular weight is 296 g/mol. The molecular formula is C14H24N4OS. The highest BCUT2D eigenvalue weighted by Crippen LogP contribution is 2.18. The van der Waals surface area contributed by atoms with Crippen molar-refractivity contribution in [3.63, 3.8) is 0 Å². The lowest BCUT2D eigenvalue weighted by Crippen LogP contribution is -2.51. The summed E-state index contributed by atoms with van der Waals surface area (Å²) in [6.45, 7) is 10.8. The van der Waals surface area contributed by atoms with Gasteiger partial charge in [0, 0.05) is 44.1 Å². The van der Waals surface area contributed by atoms with E-state index in [0.717, 1.165) is 44.3 Å². The monoisotopic (exact) mass is 296 g/mol. The quantitative estimate of drug-likeness (QED) is 0.904. The van der Waals surface area contributed by atoms with Crippen LogP contribution in [0.25, 0.3) is 0 Å². The van der Waals surface area contributed by atoms with Crippen LogP contribution < -0.4 is 5.32 Å². The summed E-state index contributed by atoms with van der Waals surface area (Å²) in [4.78, 5) is 21.1. The maximum Gasteiger partial charge on any atom is 0.273 e. The van der Waals surface area contributed by atoms with Crippen molar-refractivity contribution in [3.8, 4) is 0 Å². The third-order valence-electron chi connectivity index (χ3n) is 3.87. The molecule has 0 spiro atoms. The average Bonchev–Trinajstić information content (AvgIpc) is 2.95. The zero-order chi connectivity index (χ0) is 14.5. The molecule has 5 nitrogen and oxygen atoms in total. The Morgan fingerprint density at radius 1 is 1.40 bits per heavy atom. The van der Waals surface area contributed by atoms with Gasteiger partial charge in [-0.1, -0.05) is 6.92 Å². The summed E-state index contributed by atoms with van der Waals surface area (Å²) in [5, 5.41) is 5.82. The molecule has 1 atom stereocenters. The SMILES string of the molecule is CCNc1nc(C(=O)N2CCN(C(C)CC)CC2)cs1. The number of rotatable bonds is 5. The summed E-state index contributed by atoms with van der Waals surface area (Å²) in [6.07, 6.45) is 1.16. The van der Waals surface area contributed by atoms with Gasteiger partial charge in [-0.25, -0.2) is 4.98 Å². The van der Waals surface area contributed by atoms with Crippen molar-refractivity contribution in [2.45, 2.75) is 33.2 Å². The number of nitrogens with zero attached hydrogens (tertiary/aromatic N) is 3. The minimum atomic E-state index is 0.0641. The zero-order valence-electron chi connectivity index (χ0n) is 12.6. The van der Waals surface area contributed by atoms with E-state index in [1.807, 2.05) is 17.2 Å². The summed E-state index contributed by atoms with van der Waals surface area (Å²) in [5.74, 6) is 0.0641. The van der Waals surface area contributed by atoms with Gasteiger partial charge in [0.25, 0.3) is 5.91 Å². The van der Waals surface area contributed by atoms with E-state index in [0.29, 0.717) is 11.7 Å². The molecule has 1 amide bonds. The molecule has 1 N–H and O–H groups in total. The number of piperazine rings is 1. The Morgan fingerprint density at radius 3 is 2.70 bits per heavy atom. The molecule has 1 unspecified atom stereocenters. The van der Waals surface area contributed by atoms with E-state index in [1.54, 1.807) is 0 Å². The number of carbonyl (C=O) groups excluding carboxylic acids is 1. The van der Waals surface area contributed by atoms with Crippen molar-refractivity contribution >= 4 is 22.4 Å². The molecule has 0 aliphatic carbocycles. The second-order valence-electron chi connectivity index (χ2n) is 5.15. The molecule has 112 valence electrons. The standard InChI is InChI=1S/C14H24N4OS/c1-4-11(3)17-6-8-18(9-7-17)13(19)12-10-20-14(16-12)15-5-2/h10-11H,4-9H2,1-3H3,(H,15,16). The van der Waals surface area contributed by atoms with Crippen LogP contribution in [0.15, 0.2) is 5.38 Å². The van der Waals surface area contributed by atoms with Gasteiger partial charge in [-0.2, -0.15) is 0 Å². The summed E-state index contributed by atoms with van der Waals surface area (Å²) >= 11 is 1.50. The van der Waals surface area contributed by atoms with E-state index >= 15 is 0 Å². The second-order valence-corrected chi connectivity index (χ2v) is 6.01. The van der Waals surface area contributed by atoms with Gasteiger partial charge in [-0.3, -0.25) is 9.69 Å². The lowest BCUT2D eigenvalue weighted by atomic mass is 10.2. The van der Waals surface area contributed by atoms with Crippen molar-refractivity contribution in [1.82, 2.24) is 14.8 Å². The highest BCUT2D eigenvalue weighted by atomic mass is 32.1. The molecule has 1 aromatic rings. The van der Waals surface area contributed by atoms with Crippen molar-refractivity contribution in [2.24, 2.45) is 0 Å². The number of thiazole rings is 1. The number of nitrogens with one attached hydrogen (secondary N) is 1. The van der Waals surface area contributed by atoms with Gasteiger partial charge in [-0.05, 0) is 20.3 Å². The first-order valence-corrected chi connectivity index (χ1v) is 8.26. The highest BCUT2D eigenvalue weighted by Gasteiger charge is 2.25. The van der Waals surface area contributed by atoms with E-state index in [-0.39, 0.29) is 5.91 Å². The molecule has 1 saturated heterocycles. The molecule has 0 bridgehead atoms.